The third-order valence-electron chi connectivity index (χ3n) is 0.482. The number of hydrogen-bond donors (Lipinski definition) is 0. The van der Waals surface area contributed by atoms with Crippen molar-refractivity contribution in [3.8, 4) is 17.7 Å². The summed E-state index contributed by atoms with van der Waals surface area (Å²) in [5, 5.41) is 11.1. The SMILES string of the molecule is C#CC(=O)C=CSC#N. The number of thiocyanates is 1. The quantitative estimate of drug-likeness (QED) is 0.246. The van der Waals surface area contributed by atoms with E-state index in [4.69, 9.17) is 11.7 Å². The van der Waals surface area contributed by atoms with E-state index < -0.39 is 5.78 Å². The summed E-state index contributed by atoms with van der Waals surface area (Å²) in [4.78, 5) is 10.2. The molecular formula is C6H3NOS. The van der Waals surface area contributed by atoms with E-state index in [1.807, 2.05) is 5.92 Å². The highest BCUT2D eigenvalue weighted by Gasteiger charge is 1.83. The van der Waals surface area contributed by atoms with E-state index >= 15 is 0 Å². The molecule has 0 atom stereocenters. The number of thioether (sulfide) groups is 1. The third kappa shape index (κ3) is 4.67. The van der Waals surface area contributed by atoms with E-state index in [2.05, 4.69) is 0 Å². The summed E-state index contributed by atoms with van der Waals surface area (Å²) in [5.74, 6) is 1.46. The Morgan fingerprint density at radius 3 is 2.89 bits per heavy atom. The molecule has 0 aromatic carbocycles. The third-order valence-corrected chi connectivity index (χ3v) is 0.860. The molecule has 0 radical (unpaired) electrons. The van der Waals surface area contributed by atoms with Crippen molar-refractivity contribution in [2.75, 3.05) is 0 Å². The molecule has 0 rings (SSSR count). The number of rotatable bonds is 2. The van der Waals surface area contributed by atoms with Gasteiger partial charge in [-0.1, -0.05) is 0 Å². The highest BCUT2D eigenvalue weighted by Crippen LogP contribution is 1.96. The van der Waals surface area contributed by atoms with Crippen LogP contribution in [0.15, 0.2) is 11.5 Å². The molecule has 0 aromatic rings. The van der Waals surface area contributed by atoms with Crippen molar-refractivity contribution >= 4 is 17.5 Å². The molecule has 0 saturated carbocycles. The Kier molecular flexibility index (Phi) is 4.30. The van der Waals surface area contributed by atoms with Crippen LogP contribution < -0.4 is 0 Å². The van der Waals surface area contributed by atoms with Crippen LogP contribution in [0.5, 0.6) is 0 Å². The van der Waals surface area contributed by atoms with E-state index in [-0.39, 0.29) is 0 Å². The summed E-state index contributed by atoms with van der Waals surface area (Å²) < 4.78 is 0. The molecule has 0 saturated heterocycles. The summed E-state index contributed by atoms with van der Waals surface area (Å²) in [6.07, 6.45) is 5.89. The van der Waals surface area contributed by atoms with Crippen LogP contribution in [0.1, 0.15) is 0 Å². The number of terminal acetylenes is 1. The van der Waals surface area contributed by atoms with Gasteiger partial charge in [-0.2, -0.15) is 5.26 Å². The standard InChI is InChI=1S/C6H3NOS/c1-2-6(8)3-4-9-5-7/h1,3-4H. The lowest BCUT2D eigenvalue weighted by Crippen LogP contribution is -1.81. The summed E-state index contributed by atoms with van der Waals surface area (Å²) in [6, 6.07) is 0. The van der Waals surface area contributed by atoms with Crippen molar-refractivity contribution in [3.05, 3.63) is 11.5 Å². The molecule has 0 unspecified atom stereocenters. The monoisotopic (exact) mass is 137 g/mol. The Balaban J connectivity index is 3.64. The van der Waals surface area contributed by atoms with Crippen molar-refractivity contribution in [2.45, 2.75) is 0 Å². The van der Waals surface area contributed by atoms with Gasteiger partial charge < -0.3 is 0 Å². The first-order chi connectivity index (χ1) is 4.31. The van der Waals surface area contributed by atoms with Gasteiger partial charge in [0.15, 0.2) is 0 Å². The first-order valence-electron chi connectivity index (χ1n) is 2.03. The van der Waals surface area contributed by atoms with E-state index in [0.717, 1.165) is 11.8 Å². The molecule has 0 amide bonds. The van der Waals surface area contributed by atoms with Crippen molar-refractivity contribution < 1.29 is 4.79 Å². The topological polar surface area (TPSA) is 40.9 Å². The lowest BCUT2D eigenvalue weighted by Gasteiger charge is -1.72. The number of carbonyl (C=O) groups excluding carboxylic acids is 1. The lowest BCUT2D eigenvalue weighted by atomic mass is 10.4. The molecule has 0 heterocycles. The minimum atomic E-state index is -0.419. The number of allylic oxidation sites excluding steroid dienone is 1. The Bertz CT molecular complexity index is 206. The fraction of sp³-hybridized carbons (Fsp3) is 0. The zero-order valence-electron chi connectivity index (χ0n) is 4.50. The molecule has 3 heteroatoms. The van der Waals surface area contributed by atoms with Crippen LogP contribution in [-0.2, 0) is 4.79 Å². The molecule has 0 aliphatic heterocycles. The number of ketones is 1. The second-order valence-corrected chi connectivity index (χ2v) is 1.71. The number of hydrogen-bond acceptors (Lipinski definition) is 3. The smallest absolute Gasteiger partial charge is 0.228 e. The Morgan fingerprint density at radius 2 is 2.44 bits per heavy atom. The maximum atomic E-state index is 10.2. The highest BCUT2D eigenvalue weighted by molar-refractivity contribution is 8.06. The van der Waals surface area contributed by atoms with Crippen LogP contribution in [-0.4, -0.2) is 5.78 Å². The predicted molar refractivity (Wildman–Crippen MR) is 36.2 cm³/mol. The van der Waals surface area contributed by atoms with Gasteiger partial charge in [-0.3, -0.25) is 4.79 Å². The van der Waals surface area contributed by atoms with Gasteiger partial charge in [0, 0.05) is 6.08 Å². The first kappa shape index (κ1) is 7.81. The average molecular weight is 137 g/mol. The molecule has 0 fully saturated rings. The Labute approximate surface area is 57.6 Å². The van der Waals surface area contributed by atoms with Crippen LogP contribution in [0.4, 0.5) is 0 Å². The van der Waals surface area contributed by atoms with Gasteiger partial charge in [0.05, 0.1) is 0 Å². The van der Waals surface area contributed by atoms with Crippen LogP contribution in [0.3, 0.4) is 0 Å². The zero-order valence-corrected chi connectivity index (χ0v) is 5.31. The van der Waals surface area contributed by atoms with E-state index in [1.165, 1.54) is 11.5 Å². The van der Waals surface area contributed by atoms with E-state index in [9.17, 15) is 4.79 Å². The minimum absolute atomic E-state index is 0.419. The van der Waals surface area contributed by atoms with Gasteiger partial charge in [0.25, 0.3) is 0 Å². The molecule has 0 bridgehead atoms. The van der Waals surface area contributed by atoms with Crippen LogP contribution in [0, 0.1) is 23.0 Å². The van der Waals surface area contributed by atoms with E-state index in [0.29, 0.717) is 0 Å². The highest BCUT2D eigenvalue weighted by atomic mass is 32.2. The van der Waals surface area contributed by atoms with Gasteiger partial charge in [-0.15, -0.1) is 6.42 Å². The fourth-order valence-corrected chi connectivity index (χ4v) is 0.427. The van der Waals surface area contributed by atoms with Crippen LogP contribution in [0.25, 0.3) is 0 Å². The molecule has 44 valence electrons. The van der Waals surface area contributed by atoms with Crippen molar-refractivity contribution in [1.82, 2.24) is 0 Å². The lowest BCUT2D eigenvalue weighted by molar-refractivity contribution is -0.109. The van der Waals surface area contributed by atoms with Gasteiger partial charge >= 0.3 is 0 Å². The minimum Gasteiger partial charge on any atom is -0.280 e. The van der Waals surface area contributed by atoms with Crippen molar-refractivity contribution in [2.24, 2.45) is 0 Å². The van der Waals surface area contributed by atoms with Crippen LogP contribution >= 0.6 is 11.8 Å². The molecule has 9 heavy (non-hydrogen) atoms. The predicted octanol–water partition coefficient (Wildman–Crippen LogP) is 0.917. The second-order valence-electron chi connectivity index (χ2n) is 1.02. The van der Waals surface area contributed by atoms with Crippen LogP contribution in [0.2, 0.25) is 0 Å². The van der Waals surface area contributed by atoms with Crippen molar-refractivity contribution in [1.29, 1.82) is 5.26 Å². The molecular weight excluding hydrogens is 134 g/mol. The Hall–Kier alpha value is -1.19. The number of nitriles is 1. The largest absolute Gasteiger partial charge is 0.280 e. The number of nitrogens with zero attached hydrogens (tertiary/aromatic N) is 1. The van der Waals surface area contributed by atoms with Gasteiger partial charge in [0.1, 0.15) is 5.40 Å². The first-order valence-corrected chi connectivity index (χ1v) is 2.91. The fourth-order valence-electron chi connectivity index (χ4n) is 0.174. The van der Waals surface area contributed by atoms with Gasteiger partial charge in [0.2, 0.25) is 5.78 Å². The molecule has 0 N–H and O–H groups in total. The number of carbonyl (C=O) groups is 1. The molecule has 0 aromatic heterocycles. The van der Waals surface area contributed by atoms with E-state index in [1.54, 1.807) is 5.40 Å². The normalized spacial score (nSPS) is 8.22. The molecule has 2 nitrogen and oxygen atoms in total. The molecule has 0 spiro atoms. The summed E-state index contributed by atoms with van der Waals surface area (Å²) in [5.41, 5.74) is 0. The second kappa shape index (κ2) is 4.96. The van der Waals surface area contributed by atoms with Crippen molar-refractivity contribution in [3.63, 3.8) is 0 Å². The average Bonchev–Trinajstić information content (AvgIpc) is 1.89. The van der Waals surface area contributed by atoms with Gasteiger partial charge in [-0.05, 0) is 23.1 Å². The maximum absolute atomic E-state index is 10.2. The summed E-state index contributed by atoms with van der Waals surface area (Å²) in [6.45, 7) is 0. The molecule has 0 aliphatic rings. The van der Waals surface area contributed by atoms with Gasteiger partial charge in [-0.25, -0.2) is 0 Å². The summed E-state index contributed by atoms with van der Waals surface area (Å²) >= 11 is 0.860. The summed E-state index contributed by atoms with van der Waals surface area (Å²) in [7, 11) is 0. The maximum Gasteiger partial charge on any atom is 0.228 e. The Morgan fingerprint density at radius 1 is 1.78 bits per heavy atom. The molecule has 0 aliphatic carbocycles. The zero-order chi connectivity index (χ0) is 7.11.